The van der Waals surface area contributed by atoms with Crippen molar-refractivity contribution in [2.24, 2.45) is 0 Å². The minimum atomic E-state index is 0.772. The van der Waals surface area contributed by atoms with E-state index in [4.69, 9.17) is 0 Å². The second-order valence-corrected chi connectivity index (χ2v) is 5.63. The van der Waals surface area contributed by atoms with Gasteiger partial charge in [-0.1, -0.05) is 12.1 Å². The molecule has 0 radical (unpaired) electrons. The Bertz CT molecular complexity index is 997. The molecule has 3 heterocycles. The Morgan fingerprint density at radius 3 is 2.42 bits per heavy atom. The van der Waals surface area contributed by atoms with Gasteiger partial charge in [-0.25, -0.2) is 9.97 Å². The van der Waals surface area contributed by atoms with E-state index in [1.165, 1.54) is 10.9 Å². The molecular formula is C20H16N4. The topological polar surface area (TPSA) is 50.7 Å². The molecule has 4 aromatic rings. The van der Waals surface area contributed by atoms with E-state index in [0.29, 0.717) is 0 Å². The average Bonchev–Trinajstić information content (AvgIpc) is 2.63. The maximum atomic E-state index is 4.42. The highest BCUT2D eigenvalue weighted by Gasteiger charge is 2.04. The second kappa shape index (κ2) is 6.08. The monoisotopic (exact) mass is 312 g/mol. The van der Waals surface area contributed by atoms with Gasteiger partial charge in [-0.2, -0.15) is 0 Å². The van der Waals surface area contributed by atoms with Crippen molar-refractivity contribution in [2.45, 2.75) is 6.92 Å². The average molecular weight is 312 g/mol. The summed E-state index contributed by atoms with van der Waals surface area (Å²) in [4.78, 5) is 13.1. The molecule has 0 bridgehead atoms. The largest absolute Gasteiger partial charge is 0.325 e. The number of nitrogens with one attached hydrogen (secondary N) is 1. The Labute approximate surface area is 140 Å². The summed E-state index contributed by atoms with van der Waals surface area (Å²) in [6.07, 6.45) is 5.41. The first-order valence-corrected chi connectivity index (χ1v) is 7.79. The summed E-state index contributed by atoms with van der Waals surface area (Å²) in [5.41, 5.74) is 4.49. The molecule has 1 aromatic carbocycles. The Hall–Kier alpha value is -3.27. The molecule has 0 aliphatic rings. The highest BCUT2D eigenvalue weighted by atomic mass is 15.0. The molecule has 0 aliphatic heterocycles. The number of aromatic nitrogens is 3. The third-order valence-corrected chi connectivity index (χ3v) is 3.97. The highest BCUT2D eigenvalue weighted by molar-refractivity contribution is 5.87. The van der Waals surface area contributed by atoms with Crippen LogP contribution in [0, 0.1) is 6.92 Å². The number of hydrogen-bond acceptors (Lipinski definition) is 4. The van der Waals surface area contributed by atoms with Gasteiger partial charge in [0, 0.05) is 24.0 Å². The van der Waals surface area contributed by atoms with Crippen LogP contribution in [-0.2, 0) is 0 Å². The second-order valence-electron chi connectivity index (χ2n) is 5.63. The first-order valence-electron chi connectivity index (χ1n) is 7.79. The van der Waals surface area contributed by atoms with Gasteiger partial charge in [0.1, 0.15) is 11.6 Å². The number of hydrogen-bond donors (Lipinski definition) is 1. The molecule has 4 heteroatoms. The van der Waals surface area contributed by atoms with Gasteiger partial charge >= 0.3 is 0 Å². The molecule has 0 atom stereocenters. The molecule has 1 N–H and O–H groups in total. The first-order chi connectivity index (χ1) is 11.8. The summed E-state index contributed by atoms with van der Waals surface area (Å²) in [6, 6.07) is 18.2. The Morgan fingerprint density at radius 1 is 0.708 bits per heavy atom. The lowest BCUT2D eigenvalue weighted by Gasteiger charge is -2.08. The summed E-state index contributed by atoms with van der Waals surface area (Å²) in [7, 11) is 0. The summed E-state index contributed by atoms with van der Waals surface area (Å²) < 4.78 is 0. The van der Waals surface area contributed by atoms with E-state index in [2.05, 4.69) is 45.4 Å². The maximum absolute atomic E-state index is 4.42. The van der Waals surface area contributed by atoms with Crippen molar-refractivity contribution in [3.8, 4) is 11.1 Å². The van der Waals surface area contributed by atoms with Crippen LogP contribution in [0.25, 0.3) is 22.0 Å². The molecule has 0 saturated carbocycles. The Morgan fingerprint density at radius 2 is 1.54 bits per heavy atom. The van der Waals surface area contributed by atoms with Gasteiger partial charge < -0.3 is 5.32 Å². The van der Waals surface area contributed by atoms with Gasteiger partial charge in [0.2, 0.25) is 0 Å². The SMILES string of the molecule is Cc1ccnc2ccc(-c3ccnc(Nc4ccccn4)c3)cc12. The predicted octanol–water partition coefficient (Wildman–Crippen LogP) is 4.74. The minimum absolute atomic E-state index is 0.772. The molecule has 4 nitrogen and oxygen atoms in total. The van der Waals surface area contributed by atoms with Gasteiger partial charge in [0.05, 0.1) is 5.52 Å². The molecule has 0 fully saturated rings. The van der Waals surface area contributed by atoms with Crippen molar-refractivity contribution in [3.05, 3.63) is 78.8 Å². The summed E-state index contributed by atoms with van der Waals surface area (Å²) in [5.74, 6) is 1.55. The van der Waals surface area contributed by atoms with Crippen LogP contribution in [0.2, 0.25) is 0 Å². The fourth-order valence-corrected chi connectivity index (χ4v) is 2.71. The lowest BCUT2D eigenvalue weighted by atomic mass is 10.0. The van der Waals surface area contributed by atoms with Gasteiger partial charge in [0.25, 0.3) is 0 Å². The summed E-state index contributed by atoms with van der Waals surface area (Å²) in [5, 5.41) is 4.40. The smallest absolute Gasteiger partial charge is 0.132 e. The van der Waals surface area contributed by atoms with E-state index in [-0.39, 0.29) is 0 Å². The first kappa shape index (κ1) is 14.3. The fraction of sp³-hybridized carbons (Fsp3) is 0.0500. The van der Waals surface area contributed by atoms with Crippen LogP contribution >= 0.6 is 0 Å². The molecular weight excluding hydrogens is 296 g/mol. The lowest BCUT2D eigenvalue weighted by molar-refractivity contribution is 1.25. The van der Waals surface area contributed by atoms with E-state index in [1.54, 1.807) is 12.4 Å². The van der Waals surface area contributed by atoms with Gasteiger partial charge in [-0.15, -0.1) is 0 Å². The number of benzene rings is 1. The van der Waals surface area contributed by atoms with Crippen molar-refractivity contribution in [1.82, 2.24) is 15.0 Å². The standard InChI is InChI=1S/C20H16N4/c1-14-7-10-21-18-6-5-15(12-17(14)18)16-8-11-23-20(13-16)24-19-4-2-3-9-22-19/h2-13H,1H3,(H,22,23,24). The zero-order chi connectivity index (χ0) is 16.4. The van der Waals surface area contributed by atoms with Crippen LogP contribution in [0.1, 0.15) is 5.56 Å². The van der Waals surface area contributed by atoms with Crippen LogP contribution in [0.3, 0.4) is 0 Å². The fourth-order valence-electron chi connectivity index (χ4n) is 2.71. The van der Waals surface area contributed by atoms with Crippen molar-refractivity contribution < 1.29 is 0 Å². The van der Waals surface area contributed by atoms with E-state index in [9.17, 15) is 0 Å². The van der Waals surface area contributed by atoms with Crippen molar-refractivity contribution in [2.75, 3.05) is 5.32 Å². The molecule has 0 saturated heterocycles. The number of fused-ring (bicyclic) bond motifs is 1. The van der Waals surface area contributed by atoms with Crippen LogP contribution in [-0.4, -0.2) is 15.0 Å². The molecule has 0 spiro atoms. The molecule has 0 amide bonds. The number of rotatable bonds is 3. The van der Waals surface area contributed by atoms with E-state index < -0.39 is 0 Å². The lowest BCUT2D eigenvalue weighted by Crippen LogP contribution is -1.95. The van der Waals surface area contributed by atoms with Gasteiger partial charge in [-0.05, 0) is 66.1 Å². The van der Waals surface area contributed by atoms with Crippen molar-refractivity contribution in [1.29, 1.82) is 0 Å². The zero-order valence-corrected chi connectivity index (χ0v) is 13.3. The van der Waals surface area contributed by atoms with Gasteiger partial charge in [-0.3, -0.25) is 4.98 Å². The van der Waals surface area contributed by atoms with E-state index in [0.717, 1.165) is 28.3 Å². The van der Waals surface area contributed by atoms with E-state index in [1.807, 2.05) is 42.6 Å². The summed E-state index contributed by atoms with van der Waals surface area (Å²) in [6.45, 7) is 2.11. The van der Waals surface area contributed by atoms with Crippen molar-refractivity contribution >= 4 is 22.5 Å². The zero-order valence-electron chi connectivity index (χ0n) is 13.3. The number of anilines is 2. The third kappa shape index (κ3) is 2.82. The van der Waals surface area contributed by atoms with Crippen LogP contribution < -0.4 is 5.32 Å². The molecule has 24 heavy (non-hydrogen) atoms. The van der Waals surface area contributed by atoms with Crippen LogP contribution in [0.4, 0.5) is 11.6 Å². The molecule has 4 rings (SSSR count). The quantitative estimate of drug-likeness (QED) is 0.593. The van der Waals surface area contributed by atoms with E-state index >= 15 is 0 Å². The highest BCUT2D eigenvalue weighted by Crippen LogP contribution is 2.27. The van der Waals surface area contributed by atoms with Crippen molar-refractivity contribution in [3.63, 3.8) is 0 Å². The number of aryl methyl sites for hydroxylation is 1. The van der Waals surface area contributed by atoms with Crippen LogP contribution in [0.15, 0.2) is 73.2 Å². The molecule has 116 valence electrons. The van der Waals surface area contributed by atoms with Crippen LogP contribution in [0.5, 0.6) is 0 Å². The minimum Gasteiger partial charge on any atom is -0.325 e. The molecule has 0 unspecified atom stereocenters. The third-order valence-electron chi connectivity index (χ3n) is 3.97. The van der Waals surface area contributed by atoms with Gasteiger partial charge in [0.15, 0.2) is 0 Å². The molecule has 3 aromatic heterocycles. The predicted molar refractivity (Wildman–Crippen MR) is 97.2 cm³/mol. The maximum Gasteiger partial charge on any atom is 0.132 e. The Kier molecular flexibility index (Phi) is 3.63. The Balaban J connectivity index is 1.72. The summed E-state index contributed by atoms with van der Waals surface area (Å²) >= 11 is 0. The number of nitrogens with zero attached hydrogens (tertiary/aromatic N) is 3. The molecule has 0 aliphatic carbocycles. The number of pyridine rings is 3. The normalized spacial score (nSPS) is 10.7.